The maximum Gasteiger partial charge on any atom is 0.233 e. The molecular weight excluding hydrogens is 396 g/mol. The quantitative estimate of drug-likeness (QED) is 0.546. The highest BCUT2D eigenvalue weighted by molar-refractivity contribution is 7.99. The van der Waals surface area contributed by atoms with Crippen molar-refractivity contribution in [3.05, 3.63) is 71.8 Å². The zero-order chi connectivity index (χ0) is 20.8. The van der Waals surface area contributed by atoms with E-state index in [4.69, 9.17) is 0 Å². The SMILES string of the molecule is CCn1nnnc1SCC(=O)N1CCN(C(c2ccccc2)c2ccccc2)CC1. The van der Waals surface area contributed by atoms with Crippen LogP contribution in [0.25, 0.3) is 0 Å². The maximum atomic E-state index is 12.7. The van der Waals surface area contributed by atoms with Crippen molar-refractivity contribution in [1.82, 2.24) is 30.0 Å². The summed E-state index contributed by atoms with van der Waals surface area (Å²) in [4.78, 5) is 17.1. The number of amides is 1. The molecule has 0 atom stereocenters. The molecule has 0 radical (unpaired) electrons. The summed E-state index contributed by atoms with van der Waals surface area (Å²) >= 11 is 1.40. The Morgan fingerprint density at radius 3 is 2.13 bits per heavy atom. The summed E-state index contributed by atoms with van der Waals surface area (Å²) in [6.07, 6.45) is 0. The zero-order valence-corrected chi connectivity index (χ0v) is 17.9. The molecule has 3 aromatic rings. The predicted octanol–water partition coefficient (Wildman–Crippen LogP) is 2.72. The van der Waals surface area contributed by atoms with E-state index in [9.17, 15) is 4.79 Å². The van der Waals surface area contributed by atoms with E-state index >= 15 is 0 Å². The van der Waals surface area contributed by atoms with Gasteiger partial charge in [0.2, 0.25) is 11.1 Å². The first kappa shape index (κ1) is 20.6. The van der Waals surface area contributed by atoms with E-state index in [-0.39, 0.29) is 11.9 Å². The van der Waals surface area contributed by atoms with Gasteiger partial charge in [-0.2, -0.15) is 0 Å². The number of aromatic nitrogens is 4. The van der Waals surface area contributed by atoms with E-state index in [1.807, 2.05) is 11.8 Å². The van der Waals surface area contributed by atoms with Crippen molar-refractivity contribution in [1.29, 1.82) is 0 Å². The Bertz CT molecular complexity index is 901. The number of nitrogens with zero attached hydrogens (tertiary/aromatic N) is 6. The third kappa shape index (κ3) is 4.71. The molecule has 1 aromatic heterocycles. The molecule has 2 heterocycles. The first-order valence-corrected chi connectivity index (χ1v) is 11.3. The minimum Gasteiger partial charge on any atom is -0.339 e. The minimum atomic E-state index is 0.140. The van der Waals surface area contributed by atoms with Gasteiger partial charge in [-0.1, -0.05) is 72.4 Å². The van der Waals surface area contributed by atoms with Crippen LogP contribution in [0.1, 0.15) is 24.1 Å². The Balaban J connectivity index is 1.39. The molecule has 0 spiro atoms. The van der Waals surface area contributed by atoms with Crippen LogP contribution in [0.15, 0.2) is 65.8 Å². The minimum absolute atomic E-state index is 0.140. The highest BCUT2D eigenvalue weighted by atomic mass is 32.2. The number of carbonyl (C=O) groups is 1. The van der Waals surface area contributed by atoms with E-state index in [1.165, 1.54) is 22.9 Å². The number of carbonyl (C=O) groups excluding carboxylic acids is 1. The van der Waals surface area contributed by atoms with Crippen molar-refractivity contribution >= 4 is 17.7 Å². The van der Waals surface area contributed by atoms with Crippen molar-refractivity contribution in [3.63, 3.8) is 0 Å². The molecule has 1 fully saturated rings. The van der Waals surface area contributed by atoms with Crippen molar-refractivity contribution < 1.29 is 4.79 Å². The Morgan fingerprint density at radius 2 is 1.57 bits per heavy atom. The number of benzene rings is 2. The summed E-state index contributed by atoms with van der Waals surface area (Å²) in [7, 11) is 0. The number of tetrazole rings is 1. The van der Waals surface area contributed by atoms with Crippen LogP contribution in [0.5, 0.6) is 0 Å². The standard InChI is InChI=1S/C22H26N6OS/c1-2-28-22(23-24-25-28)30-17-20(29)26-13-15-27(16-14-26)21(18-9-5-3-6-10-18)19-11-7-4-8-12-19/h3-12,21H,2,13-17H2,1H3. The number of piperazine rings is 1. The molecule has 1 aliphatic heterocycles. The fourth-order valence-electron chi connectivity index (χ4n) is 3.83. The van der Waals surface area contributed by atoms with Gasteiger partial charge in [0.25, 0.3) is 0 Å². The molecule has 2 aromatic carbocycles. The summed E-state index contributed by atoms with van der Waals surface area (Å²) in [5, 5.41) is 12.3. The van der Waals surface area contributed by atoms with Crippen molar-refractivity contribution in [2.45, 2.75) is 24.7 Å². The van der Waals surface area contributed by atoms with Crippen molar-refractivity contribution in [2.75, 3.05) is 31.9 Å². The van der Waals surface area contributed by atoms with Gasteiger partial charge in [0.05, 0.1) is 11.8 Å². The normalized spacial score (nSPS) is 14.9. The van der Waals surface area contributed by atoms with Gasteiger partial charge in [0.1, 0.15) is 0 Å². The third-order valence-corrected chi connectivity index (χ3v) is 6.33. The second kappa shape index (κ2) is 9.86. The molecule has 0 aliphatic carbocycles. The zero-order valence-electron chi connectivity index (χ0n) is 17.1. The molecule has 1 aliphatic rings. The summed E-state index contributed by atoms with van der Waals surface area (Å²) in [6, 6.07) is 21.4. The number of aryl methyl sites for hydroxylation is 1. The molecule has 0 bridgehead atoms. The Labute approximate surface area is 181 Å². The van der Waals surface area contributed by atoms with Gasteiger partial charge < -0.3 is 4.90 Å². The van der Waals surface area contributed by atoms with Gasteiger partial charge in [-0.05, 0) is 28.5 Å². The van der Waals surface area contributed by atoms with Crippen LogP contribution in [0.4, 0.5) is 0 Å². The second-order valence-corrected chi connectivity index (χ2v) is 8.15. The molecule has 4 rings (SSSR count). The number of hydrogen-bond acceptors (Lipinski definition) is 6. The number of thioether (sulfide) groups is 1. The first-order chi connectivity index (χ1) is 14.8. The van der Waals surface area contributed by atoms with Gasteiger partial charge in [-0.15, -0.1) is 5.10 Å². The third-order valence-electron chi connectivity index (χ3n) is 5.39. The largest absolute Gasteiger partial charge is 0.339 e. The summed E-state index contributed by atoms with van der Waals surface area (Å²) in [6.45, 7) is 5.83. The van der Waals surface area contributed by atoms with Gasteiger partial charge in [-0.25, -0.2) is 4.68 Å². The molecule has 156 valence electrons. The highest BCUT2D eigenvalue weighted by Crippen LogP contribution is 2.29. The lowest BCUT2D eigenvalue weighted by atomic mass is 9.96. The molecule has 7 nitrogen and oxygen atoms in total. The van der Waals surface area contributed by atoms with Crippen LogP contribution in [0.3, 0.4) is 0 Å². The average molecular weight is 423 g/mol. The maximum absolute atomic E-state index is 12.7. The van der Waals surface area contributed by atoms with Crippen LogP contribution in [-0.4, -0.2) is 67.8 Å². The fourth-order valence-corrected chi connectivity index (χ4v) is 4.67. The molecule has 30 heavy (non-hydrogen) atoms. The molecule has 0 saturated carbocycles. The van der Waals surface area contributed by atoms with Gasteiger partial charge in [-0.3, -0.25) is 9.69 Å². The fraction of sp³-hybridized carbons (Fsp3) is 0.364. The Hall–Kier alpha value is -2.71. The first-order valence-electron chi connectivity index (χ1n) is 10.3. The molecule has 8 heteroatoms. The van der Waals surface area contributed by atoms with Crippen LogP contribution < -0.4 is 0 Å². The van der Waals surface area contributed by atoms with Gasteiger partial charge in [0, 0.05) is 32.7 Å². The lowest BCUT2D eigenvalue weighted by molar-refractivity contribution is -0.130. The summed E-state index contributed by atoms with van der Waals surface area (Å²) in [5.41, 5.74) is 2.57. The van der Waals surface area contributed by atoms with E-state index in [0.717, 1.165) is 26.2 Å². The molecule has 1 saturated heterocycles. The Kier molecular flexibility index (Phi) is 6.76. The second-order valence-electron chi connectivity index (χ2n) is 7.21. The van der Waals surface area contributed by atoms with Crippen LogP contribution >= 0.6 is 11.8 Å². The van der Waals surface area contributed by atoms with E-state index < -0.39 is 0 Å². The predicted molar refractivity (Wildman–Crippen MR) is 117 cm³/mol. The number of hydrogen-bond donors (Lipinski definition) is 0. The van der Waals surface area contributed by atoms with E-state index in [2.05, 4.69) is 81.1 Å². The molecule has 1 amide bonds. The van der Waals surface area contributed by atoms with Crippen molar-refractivity contribution in [3.8, 4) is 0 Å². The lowest BCUT2D eigenvalue weighted by Gasteiger charge is -2.39. The lowest BCUT2D eigenvalue weighted by Crippen LogP contribution is -2.50. The molecule has 0 N–H and O–H groups in total. The van der Waals surface area contributed by atoms with Gasteiger partial charge in [0.15, 0.2) is 0 Å². The Morgan fingerprint density at radius 1 is 0.967 bits per heavy atom. The van der Waals surface area contributed by atoms with Crippen molar-refractivity contribution in [2.24, 2.45) is 0 Å². The van der Waals surface area contributed by atoms with Gasteiger partial charge >= 0.3 is 0 Å². The topological polar surface area (TPSA) is 67.2 Å². The van der Waals surface area contributed by atoms with Crippen LogP contribution in [0, 0.1) is 0 Å². The smallest absolute Gasteiger partial charge is 0.233 e. The average Bonchev–Trinajstić information content (AvgIpc) is 3.27. The van der Waals surface area contributed by atoms with E-state index in [1.54, 1.807) is 4.68 Å². The highest BCUT2D eigenvalue weighted by Gasteiger charge is 2.28. The number of rotatable bonds is 7. The van der Waals surface area contributed by atoms with E-state index in [0.29, 0.717) is 17.5 Å². The van der Waals surface area contributed by atoms with Crippen LogP contribution in [0.2, 0.25) is 0 Å². The molecule has 0 unspecified atom stereocenters. The summed E-state index contributed by atoms with van der Waals surface area (Å²) < 4.78 is 1.71. The van der Waals surface area contributed by atoms with Crippen LogP contribution in [-0.2, 0) is 11.3 Å². The monoisotopic (exact) mass is 422 g/mol. The molecular formula is C22H26N6OS. The summed E-state index contributed by atoms with van der Waals surface area (Å²) in [5.74, 6) is 0.502.